The molecule has 2 aromatic carbocycles. The van der Waals surface area contributed by atoms with Gasteiger partial charge in [-0.3, -0.25) is 0 Å². The molecule has 2 heterocycles. The van der Waals surface area contributed by atoms with E-state index in [-0.39, 0.29) is 4.90 Å². The number of nitrogens with one attached hydrogen (secondary N) is 2. The summed E-state index contributed by atoms with van der Waals surface area (Å²) in [5, 5.41) is 7.37. The Morgan fingerprint density at radius 2 is 1.97 bits per heavy atom. The number of aromatic nitrogens is 2. The van der Waals surface area contributed by atoms with Crippen LogP contribution in [-0.2, 0) is 16.6 Å². The number of halogens is 2. The van der Waals surface area contributed by atoms with Crippen LogP contribution < -0.4 is 10.6 Å². The number of fused-ring (bicyclic) bond motifs is 1. The van der Waals surface area contributed by atoms with Crippen LogP contribution >= 0.6 is 11.6 Å². The summed E-state index contributed by atoms with van der Waals surface area (Å²) in [6, 6.07) is 12.2. The second kappa shape index (κ2) is 8.30. The number of hydrogen-bond donors (Lipinski definition) is 2. The van der Waals surface area contributed by atoms with Crippen molar-refractivity contribution in [2.75, 3.05) is 12.4 Å². The van der Waals surface area contributed by atoms with Crippen molar-refractivity contribution in [2.24, 2.45) is 0 Å². The maximum atomic E-state index is 13.7. The minimum Gasteiger partial charge on any atom is -0.339 e. The Labute approximate surface area is 184 Å². The first kappa shape index (κ1) is 21.3. The molecule has 0 radical (unpaired) electrons. The maximum absolute atomic E-state index is 13.7. The molecule has 0 saturated carbocycles. The van der Waals surface area contributed by atoms with Gasteiger partial charge in [0, 0.05) is 30.4 Å². The predicted octanol–water partition coefficient (Wildman–Crippen LogP) is 4.84. The molecular formula is C22H20ClFN4O2S. The lowest BCUT2D eigenvalue weighted by Crippen LogP contribution is -2.12. The molecule has 0 amide bonds. The molecule has 6 nitrogen and oxygen atoms in total. The Morgan fingerprint density at radius 3 is 2.68 bits per heavy atom. The van der Waals surface area contributed by atoms with E-state index in [0.29, 0.717) is 34.0 Å². The quantitative estimate of drug-likeness (QED) is 0.432. The second-order valence-electron chi connectivity index (χ2n) is 7.14. The van der Waals surface area contributed by atoms with Gasteiger partial charge in [-0.15, -0.1) is 0 Å². The summed E-state index contributed by atoms with van der Waals surface area (Å²) < 4.78 is 41.5. The Morgan fingerprint density at radius 1 is 1.16 bits per heavy atom. The average molecular weight is 459 g/mol. The van der Waals surface area contributed by atoms with E-state index >= 15 is 0 Å². The number of aryl methyl sites for hydroxylation is 1. The summed E-state index contributed by atoms with van der Waals surface area (Å²) in [4.78, 5) is 4.29. The van der Waals surface area contributed by atoms with Gasteiger partial charge in [0.15, 0.2) is 0 Å². The first-order chi connectivity index (χ1) is 14.8. The zero-order valence-electron chi connectivity index (χ0n) is 16.9. The van der Waals surface area contributed by atoms with Crippen LogP contribution in [0.5, 0.6) is 0 Å². The molecule has 0 saturated heterocycles. The lowest BCUT2D eigenvalue weighted by molar-refractivity contribution is 0.584. The third-order valence-electron chi connectivity index (χ3n) is 4.85. The van der Waals surface area contributed by atoms with Crippen LogP contribution in [0.1, 0.15) is 11.1 Å². The minimum atomic E-state index is -4.02. The van der Waals surface area contributed by atoms with E-state index in [2.05, 4.69) is 15.6 Å². The molecule has 0 unspecified atom stereocenters. The van der Waals surface area contributed by atoms with Crippen LogP contribution in [0, 0.1) is 12.7 Å². The first-order valence-corrected chi connectivity index (χ1v) is 11.3. The van der Waals surface area contributed by atoms with E-state index in [4.69, 9.17) is 11.6 Å². The van der Waals surface area contributed by atoms with E-state index in [1.165, 1.54) is 24.4 Å². The summed E-state index contributed by atoms with van der Waals surface area (Å²) in [7, 11) is -2.25. The molecular weight excluding hydrogens is 439 g/mol. The number of pyridine rings is 1. The standard InChI is InChI=1S/C22H20ClFN4O2S/c1-14-6-7-20(19(23)8-14)27-22-10-21-18(12-26-22)15(11-25-2)13-28(21)31(29,30)17-5-3-4-16(24)9-17/h3-10,12-13,25H,11H2,1-2H3,(H,26,27). The molecule has 0 atom stereocenters. The van der Waals surface area contributed by atoms with Crippen molar-refractivity contribution in [1.82, 2.24) is 14.3 Å². The number of anilines is 2. The van der Waals surface area contributed by atoms with Crippen molar-refractivity contribution < 1.29 is 12.8 Å². The highest BCUT2D eigenvalue weighted by molar-refractivity contribution is 7.90. The fourth-order valence-electron chi connectivity index (χ4n) is 3.35. The van der Waals surface area contributed by atoms with E-state index < -0.39 is 15.8 Å². The molecule has 31 heavy (non-hydrogen) atoms. The third-order valence-corrected chi connectivity index (χ3v) is 6.83. The number of rotatable bonds is 6. The van der Waals surface area contributed by atoms with E-state index in [1.54, 1.807) is 19.3 Å². The van der Waals surface area contributed by atoms with Crippen molar-refractivity contribution in [3.8, 4) is 0 Å². The normalized spacial score (nSPS) is 11.7. The highest BCUT2D eigenvalue weighted by Gasteiger charge is 2.22. The third kappa shape index (κ3) is 4.14. The summed E-state index contributed by atoms with van der Waals surface area (Å²) in [5.74, 6) is -0.186. The maximum Gasteiger partial charge on any atom is 0.268 e. The van der Waals surface area contributed by atoms with Crippen LogP contribution in [0.15, 0.2) is 65.8 Å². The van der Waals surface area contributed by atoms with Crippen molar-refractivity contribution in [2.45, 2.75) is 18.4 Å². The van der Waals surface area contributed by atoms with Gasteiger partial charge in [-0.25, -0.2) is 21.8 Å². The number of hydrogen-bond acceptors (Lipinski definition) is 5. The Bertz CT molecular complexity index is 1390. The number of nitrogens with zero attached hydrogens (tertiary/aromatic N) is 2. The van der Waals surface area contributed by atoms with Crippen molar-refractivity contribution in [1.29, 1.82) is 0 Å². The van der Waals surface area contributed by atoms with Gasteiger partial charge >= 0.3 is 0 Å². The van der Waals surface area contributed by atoms with Gasteiger partial charge in [0.05, 0.1) is 21.1 Å². The van der Waals surface area contributed by atoms with Crippen molar-refractivity contribution in [3.63, 3.8) is 0 Å². The molecule has 2 aromatic heterocycles. The van der Waals surface area contributed by atoms with Gasteiger partial charge in [-0.2, -0.15) is 0 Å². The molecule has 0 aliphatic carbocycles. The second-order valence-corrected chi connectivity index (χ2v) is 9.36. The molecule has 0 spiro atoms. The molecule has 160 valence electrons. The van der Waals surface area contributed by atoms with Gasteiger partial charge in [-0.05, 0) is 55.4 Å². The van der Waals surface area contributed by atoms with Gasteiger partial charge < -0.3 is 10.6 Å². The Hall–Kier alpha value is -2.94. The summed E-state index contributed by atoms with van der Waals surface area (Å²) >= 11 is 6.31. The molecule has 0 aliphatic rings. The van der Waals surface area contributed by atoms with Gasteiger partial charge in [0.2, 0.25) is 0 Å². The van der Waals surface area contributed by atoms with Gasteiger partial charge in [0.25, 0.3) is 10.0 Å². The lowest BCUT2D eigenvalue weighted by Gasteiger charge is -2.10. The molecule has 2 N–H and O–H groups in total. The van der Waals surface area contributed by atoms with Crippen LogP contribution in [0.25, 0.3) is 10.9 Å². The highest BCUT2D eigenvalue weighted by Crippen LogP contribution is 2.30. The zero-order chi connectivity index (χ0) is 22.2. The number of benzene rings is 2. The topological polar surface area (TPSA) is 76.0 Å². The highest BCUT2D eigenvalue weighted by atomic mass is 35.5. The summed E-state index contributed by atoms with van der Waals surface area (Å²) in [6.07, 6.45) is 3.15. The van der Waals surface area contributed by atoms with Crippen molar-refractivity contribution >= 4 is 44.0 Å². The molecule has 0 aliphatic heterocycles. The molecule has 4 rings (SSSR count). The SMILES string of the molecule is CNCc1cn(S(=O)(=O)c2cccc(F)c2)c2cc(Nc3ccc(C)cc3Cl)ncc12. The fraction of sp³-hybridized carbons (Fsp3) is 0.136. The van der Waals surface area contributed by atoms with E-state index in [9.17, 15) is 12.8 Å². The zero-order valence-corrected chi connectivity index (χ0v) is 18.4. The van der Waals surface area contributed by atoms with Crippen LogP contribution in [0.3, 0.4) is 0 Å². The monoisotopic (exact) mass is 458 g/mol. The first-order valence-electron chi connectivity index (χ1n) is 9.48. The summed E-state index contributed by atoms with van der Waals surface area (Å²) in [6.45, 7) is 2.38. The largest absolute Gasteiger partial charge is 0.339 e. The van der Waals surface area contributed by atoms with Crippen LogP contribution in [0.4, 0.5) is 15.9 Å². The molecule has 4 aromatic rings. The fourth-order valence-corrected chi connectivity index (χ4v) is 5.05. The van der Waals surface area contributed by atoms with Crippen LogP contribution in [0.2, 0.25) is 5.02 Å². The van der Waals surface area contributed by atoms with Crippen LogP contribution in [-0.4, -0.2) is 24.4 Å². The minimum absolute atomic E-state index is 0.131. The van der Waals surface area contributed by atoms with Gasteiger partial charge in [-0.1, -0.05) is 23.7 Å². The Balaban J connectivity index is 1.85. The lowest BCUT2D eigenvalue weighted by atomic mass is 10.2. The summed E-state index contributed by atoms with van der Waals surface area (Å²) in [5.41, 5.74) is 2.85. The molecule has 0 bridgehead atoms. The van der Waals surface area contributed by atoms with E-state index in [0.717, 1.165) is 21.2 Å². The smallest absolute Gasteiger partial charge is 0.268 e. The van der Waals surface area contributed by atoms with E-state index in [1.807, 2.05) is 25.1 Å². The average Bonchev–Trinajstić information content (AvgIpc) is 3.09. The molecule has 0 fully saturated rings. The van der Waals surface area contributed by atoms with Crippen molar-refractivity contribution in [3.05, 3.63) is 82.9 Å². The predicted molar refractivity (Wildman–Crippen MR) is 121 cm³/mol. The Kier molecular flexibility index (Phi) is 5.70. The van der Waals surface area contributed by atoms with Gasteiger partial charge in [0.1, 0.15) is 11.6 Å². The molecule has 9 heteroatoms.